The summed E-state index contributed by atoms with van der Waals surface area (Å²) >= 11 is 17.6. The van der Waals surface area contributed by atoms with E-state index in [1.54, 1.807) is 0 Å². The minimum Gasteiger partial charge on any atom is -0.370 e. The monoisotopic (exact) mass is 373 g/mol. The zero-order chi connectivity index (χ0) is 15.5. The highest BCUT2D eigenvalue weighted by atomic mass is 35.5. The third-order valence-corrected chi connectivity index (χ3v) is 5.88. The van der Waals surface area contributed by atoms with E-state index in [0.29, 0.717) is 26.3 Å². The van der Waals surface area contributed by atoms with Crippen LogP contribution in [0.4, 0.5) is 0 Å². The Balaban J connectivity index is 1.99. The molecule has 2 rings (SSSR count). The van der Waals surface area contributed by atoms with Gasteiger partial charge in [0.1, 0.15) is 18.0 Å². The highest BCUT2D eigenvalue weighted by Gasteiger charge is 2.21. The molecule has 1 aliphatic heterocycles. The number of quaternary nitrogens is 1. The van der Waals surface area contributed by atoms with Crippen molar-refractivity contribution < 1.29 is 18.1 Å². The van der Waals surface area contributed by atoms with Crippen molar-refractivity contribution in [3.63, 3.8) is 0 Å². The molecule has 1 aliphatic rings. The average Bonchev–Trinajstić information content (AvgIpc) is 2.43. The van der Waals surface area contributed by atoms with E-state index in [9.17, 15) is 8.42 Å². The van der Waals surface area contributed by atoms with Crippen molar-refractivity contribution in [3.8, 4) is 0 Å². The van der Waals surface area contributed by atoms with Gasteiger partial charge in [-0.2, -0.15) is 0 Å². The molecule has 0 aromatic heterocycles. The second kappa shape index (κ2) is 7.46. The number of morpholine rings is 1. The second-order valence-electron chi connectivity index (χ2n) is 4.71. The van der Waals surface area contributed by atoms with Crippen molar-refractivity contribution >= 4 is 44.8 Å². The van der Waals surface area contributed by atoms with Gasteiger partial charge in [0.2, 0.25) is 10.0 Å². The Kier molecular flexibility index (Phi) is 6.14. The standard InChI is InChI=1S/C12H15Cl3N2O3S/c13-9-7-11(15)12(8-10(9)14)21(18,19)16-1-2-17-3-5-20-6-4-17/h7-8,16H,1-6H2/p+1. The Bertz CT molecular complexity index is 604. The molecule has 5 nitrogen and oxygen atoms in total. The van der Waals surface area contributed by atoms with Gasteiger partial charge in [0.05, 0.1) is 41.4 Å². The van der Waals surface area contributed by atoms with Crippen LogP contribution in [0.3, 0.4) is 0 Å². The van der Waals surface area contributed by atoms with Crippen LogP contribution >= 0.6 is 34.8 Å². The molecule has 0 aliphatic carbocycles. The van der Waals surface area contributed by atoms with Gasteiger partial charge in [-0.15, -0.1) is 0 Å². The largest absolute Gasteiger partial charge is 0.370 e. The Morgan fingerprint density at radius 1 is 1.10 bits per heavy atom. The van der Waals surface area contributed by atoms with Crippen LogP contribution in [-0.2, 0) is 14.8 Å². The van der Waals surface area contributed by atoms with Gasteiger partial charge in [-0.25, -0.2) is 13.1 Å². The predicted octanol–water partition coefficient (Wildman–Crippen LogP) is 0.840. The Morgan fingerprint density at radius 2 is 1.71 bits per heavy atom. The predicted molar refractivity (Wildman–Crippen MR) is 83.0 cm³/mol. The van der Waals surface area contributed by atoms with Crippen LogP contribution in [0.5, 0.6) is 0 Å². The van der Waals surface area contributed by atoms with E-state index in [-0.39, 0.29) is 20.0 Å². The van der Waals surface area contributed by atoms with Crippen molar-refractivity contribution in [1.82, 2.24) is 4.72 Å². The molecular formula is C12H16Cl3N2O3S+. The third kappa shape index (κ3) is 4.69. The summed E-state index contributed by atoms with van der Waals surface area (Å²) in [5.74, 6) is 0. The summed E-state index contributed by atoms with van der Waals surface area (Å²) in [6.45, 7) is 4.21. The minimum atomic E-state index is -3.70. The van der Waals surface area contributed by atoms with Crippen LogP contribution in [0.2, 0.25) is 15.1 Å². The normalized spacial score (nSPS) is 17.1. The average molecular weight is 375 g/mol. The lowest BCUT2D eigenvalue weighted by atomic mass is 10.4. The van der Waals surface area contributed by atoms with Crippen LogP contribution in [0.15, 0.2) is 17.0 Å². The molecule has 0 amide bonds. The molecule has 0 atom stereocenters. The maximum Gasteiger partial charge on any atom is 0.242 e. The number of rotatable bonds is 5. The van der Waals surface area contributed by atoms with Gasteiger partial charge >= 0.3 is 0 Å². The maximum atomic E-state index is 12.2. The SMILES string of the molecule is O=S(=O)(NCC[NH+]1CCOCC1)c1cc(Cl)c(Cl)cc1Cl. The van der Waals surface area contributed by atoms with E-state index in [0.717, 1.165) is 13.1 Å². The van der Waals surface area contributed by atoms with Crippen LogP contribution in [0, 0.1) is 0 Å². The lowest BCUT2D eigenvalue weighted by Gasteiger charge is -2.23. The van der Waals surface area contributed by atoms with Crippen molar-refractivity contribution in [1.29, 1.82) is 0 Å². The summed E-state index contributed by atoms with van der Waals surface area (Å²) in [6, 6.07) is 2.59. The number of hydrogen-bond acceptors (Lipinski definition) is 3. The Labute approximate surface area is 139 Å². The molecule has 2 N–H and O–H groups in total. The first kappa shape index (κ1) is 17.3. The topological polar surface area (TPSA) is 59.8 Å². The minimum absolute atomic E-state index is 0.0515. The number of halogens is 3. The molecule has 0 unspecified atom stereocenters. The van der Waals surface area contributed by atoms with E-state index < -0.39 is 10.0 Å². The van der Waals surface area contributed by atoms with Gasteiger partial charge in [-0.3, -0.25) is 0 Å². The maximum absolute atomic E-state index is 12.2. The molecule has 0 saturated carbocycles. The summed E-state index contributed by atoms with van der Waals surface area (Å²) in [5.41, 5.74) is 0. The summed E-state index contributed by atoms with van der Waals surface area (Å²) in [5, 5.41) is 0.425. The summed E-state index contributed by atoms with van der Waals surface area (Å²) in [4.78, 5) is 1.25. The lowest BCUT2D eigenvalue weighted by molar-refractivity contribution is -0.906. The van der Waals surface area contributed by atoms with Crippen LogP contribution in [0.1, 0.15) is 0 Å². The first-order valence-electron chi connectivity index (χ1n) is 6.45. The van der Waals surface area contributed by atoms with Crippen LogP contribution in [0.25, 0.3) is 0 Å². The van der Waals surface area contributed by atoms with Crippen molar-refractivity contribution in [2.45, 2.75) is 4.90 Å². The van der Waals surface area contributed by atoms with E-state index in [4.69, 9.17) is 39.5 Å². The fourth-order valence-electron chi connectivity index (χ4n) is 2.06. The molecule has 1 aromatic rings. The molecule has 21 heavy (non-hydrogen) atoms. The summed E-state index contributed by atoms with van der Waals surface area (Å²) < 4.78 is 32.2. The number of benzene rings is 1. The highest BCUT2D eigenvalue weighted by molar-refractivity contribution is 7.89. The lowest BCUT2D eigenvalue weighted by Crippen LogP contribution is -3.14. The van der Waals surface area contributed by atoms with Crippen molar-refractivity contribution in [3.05, 3.63) is 27.2 Å². The molecule has 1 fully saturated rings. The molecule has 0 radical (unpaired) electrons. The Hall–Kier alpha value is -0.0800. The number of sulfonamides is 1. The van der Waals surface area contributed by atoms with Gasteiger partial charge in [0, 0.05) is 0 Å². The van der Waals surface area contributed by atoms with Gasteiger partial charge in [0.15, 0.2) is 0 Å². The van der Waals surface area contributed by atoms with Crippen molar-refractivity contribution in [2.24, 2.45) is 0 Å². The zero-order valence-corrected chi connectivity index (χ0v) is 14.2. The molecular weight excluding hydrogens is 359 g/mol. The molecule has 1 heterocycles. The zero-order valence-electron chi connectivity index (χ0n) is 11.2. The molecule has 9 heteroatoms. The second-order valence-corrected chi connectivity index (χ2v) is 7.66. The van der Waals surface area contributed by atoms with Gasteiger partial charge in [-0.1, -0.05) is 34.8 Å². The molecule has 0 spiro atoms. The van der Waals surface area contributed by atoms with Crippen LogP contribution in [-0.4, -0.2) is 47.8 Å². The number of hydrogen-bond donors (Lipinski definition) is 2. The smallest absolute Gasteiger partial charge is 0.242 e. The molecule has 1 aromatic carbocycles. The van der Waals surface area contributed by atoms with E-state index in [2.05, 4.69) is 4.72 Å². The summed E-state index contributed by atoms with van der Waals surface area (Å²) in [6.07, 6.45) is 0. The fourth-order valence-corrected chi connectivity index (χ4v) is 4.09. The molecule has 118 valence electrons. The van der Waals surface area contributed by atoms with Crippen LogP contribution < -0.4 is 9.62 Å². The van der Waals surface area contributed by atoms with Crippen molar-refractivity contribution in [2.75, 3.05) is 39.4 Å². The first-order valence-corrected chi connectivity index (χ1v) is 9.07. The molecule has 1 saturated heterocycles. The van der Waals surface area contributed by atoms with E-state index >= 15 is 0 Å². The molecule has 0 bridgehead atoms. The van der Waals surface area contributed by atoms with E-state index in [1.165, 1.54) is 17.0 Å². The number of nitrogens with one attached hydrogen (secondary N) is 2. The van der Waals surface area contributed by atoms with Gasteiger partial charge in [0.25, 0.3) is 0 Å². The fraction of sp³-hybridized carbons (Fsp3) is 0.500. The highest BCUT2D eigenvalue weighted by Crippen LogP contribution is 2.31. The van der Waals surface area contributed by atoms with Gasteiger partial charge in [-0.05, 0) is 12.1 Å². The van der Waals surface area contributed by atoms with E-state index in [1.807, 2.05) is 0 Å². The first-order chi connectivity index (χ1) is 9.90. The Morgan fingerprint density at radius 3 is 2.38 bits per heavy atom. The quantitative estimate of drug-likeness (QED) is 0.751. The van der Waals surface area contributed by atoms with Gasteiger partial charge < -0.3 is 9.64 Å². The summed E-state index contributed by atoms with van der Waals surface area (Å²) in [7, 11) is -3.70. The number of ether oxygens (including phenoxy) is 1. The third-order valence-electron chi connectivity index (χ3n) is 3.23.